The van der Waals surface area contributed by atoms with Gasteiger partial charge >= 0.3 is 0 Å². The van der Waals surface area contributed by atoms with Crippen LogP contribution in [0.15, 0.2) is 76.4 Å². The van der Waals surface area contributed by atoms with E-state index in [1.165, 1.54) is 0 Å². The summed E-state index contributed by atoms with van der Waals surface area (Å²) in [4.78, 5) is 9.24. The highest BCUT2D eigenvalue weighted by Crippen LogP contribution is 2.28. The number of hydrogen-bond acceptors (Lipinski definition) is 8. The number of hydrogen-bond donors (Lipinski definition) is 2. The van der Waals surface area contributed by atoms with Crippen molar-refractivity contribution in [2.75, 3.05) is 13.1 Å². The predicted octanol–water partition coefficient (Wildman–Crippen LogP) is 3.48. The zero-order valence-electron chi connectivity index (χ0n) is 18.4. The first kappa shape index (κ1) is 22.4. The van der Waals surface area contributed by atoms with Gasteiger partial charge in [0.2, 0.25) is 0 Å². The molecule has 0 radical (unpaired) electrons. The van der Waals surface area contributed by atoms with Crippen LogP contribution in [0.4, 0.5) is 0 Å². The lowest BCUT2D eigenvalue weighted by Gasteiger charge is -2.22. The molecule has 0 bridgehead atoms. The van der Waals surface area contributed by atoms with Gasteiger partial charge in [0.1, 0.15) is 11.4 Å². The Bertz CT molecular complexity index is 1380. The van der Waals surface area contributed by atoms with E-state index in [4.69, 9.17) is 4.52 Å². The Morgan fingerprint density at radius 3 is 2.38 bits per heavy atom. The molecular weight excluding hydrogens is 452 g/mol. The van der Waals surface area contributed by atoms with Gasteiger partial charge in [-0.2, -0.15) is 0 Å². The third-order valence-electron chi connectivity index (χ3n) is 6.00. The van der Waals surface area contributed by atoms with E-state index in [0.717, 1.165) is 29.7 Å². The molecule has 5 rings (SSSR count). The molecule has 8 nitrogen and oxygen atoms in total. The Morgan fingerprint density at radius 2 is 1.68 bits per heavy atom. The van der Waals surface area contributed by atoms with Crippen molar-refractivity contribution in [1.29, 1.82) is 0 Å². The largest absolute Gasteiger partial charge is 0.392 e. The molecule has 3 heterocycles. The van der Waals surface area contributed by atoms with E-state index in [1.807, 2.05) is 24.3 Å². The molecule has 1 aliphatic heterocycles. The molecular formula is C25H24N4O4S. The van der Waals surface area contributed by atoms with E-state index in [9.17, 15) is 13.5 Å². The normalized spacial score (nSPS) is 16.4. The van der Waals surface area contributed by atoms with Crippen molar-refractivity contribution in [2.24, 2.45) is 0 Å². The number of nitrogens with zero attached hydrogens (tertiary/aromatic N) is 3. The fourth-order valence-electron chi connectivity index (χ4n) is 4.03. The molecule has 2 N–H and O–H groups in total. The summed E-state index contributed by atoms with van der Waals surface area (Å²) in [5, 5.41) is 16.1. The lowest BCUT2D eigenvalue weighted by molar-refractivity contribution is 0.282. The van der Waals surface area contributed by atoms with Crippen molar-refractivity contribution < 1.29 is 18.0 Å². The molecule has 2 aromatic heterocycles. The quantitative estimate of drug-likeness (QED) is 0.434. The Hall–Kier alpha value is -3.40. The van der Waals surface area contributed by atoms with E-state index in [0.29, 0.717) is 40.7 Å². The Morgan fingerprint density at radius 1 is 0.971 bits per heavy atom. The first-order chi connectivity index (χ1) is 16.5. The van der Waals surface area contributed by atoms with Gasteiger partial charge in [0.25, 0.3) is 0 Å². The third kappa shape index (κ3) is 4.50. The molecule has 0 saturated carbocycles. The standard InChI is InChI=1S/C25H24N4O4S/c30-16-17-3-5-18(6-4-17)22-12-25(33-29-22)24-15-27-14-23(28-24)19-7-9-20(10-8-19)34(31,32)21-2-1-11-26-13-21/h3-10,12,14-15,21,26,30H,1-2,11,13,16H2. The van der Waals surface area contributed by atoms with Crippen LogP contribution in [0.1, 0.15) is 18.4 Å². The lowest BCUT2D eigenvalue weighted by atomic mass is 10.1. The van der Waals surface area contributed by atoms with Crippen molar-refractivity contribution >= 4 is 9.84 Å². The van der Waals surface area contributed by atoms with Gasteiger partial charge in [-0.25, -0.2) is 13.4 Å². The topological polar surface area (TPSA) is 118 Å². The van der Waals surface area contributed by atoms with Gasteiger partial charge in [-0.3, -0.25) is 4.98 Å². The summed E-state index contributed by atoms with van der Waals surface area (Å²) in [6.07, 6.45) is 4.76. The van der Waals surface area contributed by atoms with Crippen molar-refractivity contribution in [1.82, 2.24) is 20.4 Å². The van der Waals surface area contributed by atoms with Gasteiger partial charge in [0, 0.05) is 23.7 Å². The minimum Gasteiger partial charge on any atom is -0.392 e. The number of piperidine rings is 1. The summed E-state index contributed by atoms with van der Waals surface area (Å²) in [5.74, 6) is 0.472. The van der Waals surface area contributed by atoms with Crippen molar-refractivity contribution in [3.63, 3.8) is 0 Å². The van der Waals surface area contributed by atoms with Gasteiger partial charge in [-0.15, -0.1) is 0 Å². The van der Waals surface area contributed by atoms with Gasteiger partial charge in [-0.1, -0.05) is 41.6 Å². The molecule has 34 heavy (non-hydrogen) atoms. The van der Waals surface area contributed by atoms with Crippen LogP contribution in [-0.2, 0) is 16.4 Å². The van der Waals surface area contributed by atoms with Gasteiger partial charge in [0.05, 0.1) is 34.8 Å². The molecule has 9 heteroatoms. The second-order valence-corrected chi connectivity index (χ2v) is 10.5. The van der Waals surface area contributed by atoms with E-state index >= 15 is 0 Å². The maximum Gasteiger partial charge on any atom is 0.187 e. The van der Waals surface area contributed by atoms with Gasteiger partial charge in [-0.05, 0) is 37.1 Å². The minimum atomic E-state index is -3.38. The number of aliphatic hydroxyl groups is 1. The van der Waals surface area contributed by atoms with E-state index in [1.54, 1.807) is 42.7 Å². The number of nitrogens with one attached hydrogen (secondary N) is 1. The van der Waals surface area contributed by atoms with Gasteiger partial charge < -0.3 is 14.9 Å². The van der Waals surface area contributed by atoms with E-state index in [2.05, 4.69) is 20.4 Å². The molecule has 0 amide bonds. The number of aliphatic hydroxyl groups excluding tert-OH is 1. The molecule has 0 aliphatic carbocycles. The van der Waals surface area contributed by atoms with Crippen LogP contribution in [0.3, 0.4) is 0 Å². The number of sulfone groups is 1. The average Bonchev–Trinajstić information content (AvgIpc) is 3.40. The van der Waals surface area contributed by atoms with Crippen LogP contribution in [0, 0.1) is 0 Å². The van der Waals surface area contributed by atoms with Crippen LogP contribution >= 0.6 is 0 Å². The number of benzene rings is 2. The second-order valence-electron chi connectivity index (χ2n) is 8.26. The molecule has 1 aliphatic rings. The van der Waals surface area contributed by atoms with Gasteiger partial charge in [0.15, 0.2) is 15.6 Å². The molecule has 1 atom stereocenters. The summed E-state index contributed by atoms with van der Waals surface area (Å²) in [6, 6.07) is 16.0. The highest BCUT2D eigenvalue weighted by Gasteiger charge is 2.28. The van der Waals surface area contributed by atoms with Crippen LogP contribution in [0.5, 0.6) is 0 Å². The summed E-state index contributed by atoms with van der Waals surface area (Å²) < 4.78 is 31.4. The summed E-state index contributed by atoms with van der Waals surface area (Å²) in [7, 11) is -3.38. The van der Waals surface area contributed by atoms with Crippen LogP contribution in [0.25, 0.3) is 34.0 Å². The first-order valence-corrected chi connectivity index (χ1v) is 12.6. The van der Waals surface area contributed by atoms with Crippen molar-refractivity contribution in [3.8, 4) is 34.0 Å². The minimum absolute atomic E-state index is 0.0164. The van der Waals surface area contributed by atoms with Crippen molar-refractivity contribution in [2.45, 2.75) is 29.6 Å². The predicted molar refractivity (Wildman–Crippen MR) is 127 cm³/mol. The second kappa shape index (κ2) is 9.46. The summed E-state index contributed by atoms with van der Waals surface area (Å²) in [5.41, 5.74) is 4.22. The Balaban J connectivity index is 1.37. The highest BCUT2D eigenvalue weighted by molar-refractivity contribution is 7.92. The van der Waals surface area contributed by atoms with Crippen molar-refractivity contribution in [3.05, 3.63) is 72.6 Å². The monoisotopic (exact) mass is 476 g/mol. The van der Waals surface area contributed by atoms with E-state index < -0.39 is 15.1 Å². The summed E-state index contributed by atoms with van der Waals surface area (Å²) in [6.45, 7) is 1.34. The Kier molecular flexibility index (Phi) is 6.23. The molecule has 1 fully saturated rings. The molecule has 174 valence electrons. The molecule has 1 unspecified atom stereocenters. The van der Waals surface area contributed by atoms with E-state index in [-0.39, 0.29) is 6.61 Å². The number of aromatic nitrogens is 3. The van der Waals surface area contributed by atoms with Crippen LogP contribution < -0.4 is 5.32 Å². The lowest BCUT2D eigenvalue weighted by Crippen LogP contribution is -2.38. The fraction of sp³-hybridized carbons (Fsp3) is 0.240. The maximum absolute atomic E-state index is 12.9. The maximum atomic E-state index is 12.9. The average molecular weight is 477 g/mol. The number of rotatable bonds is 6. The summed E-state index contributed by atoms with van der Waals surface area (Å²) >= 11 is 0. The van der Waals surface area contributed by atoms with Crippen LogP contribution in [-0.4, -0.2) is 47.0 Å². The molecule has 4 aromatic rings. The first-order valence-electron chi connectivity index (χ1n) is 11.1. The molecule has 1 saturated heterocycles. The zero-order valence-corrected chi connectivity index (χ0v) is 19.2. The molecule has 2 aromatic carbocycles. The smallest absolute Gasteiger partial charge is 0.187 e. The SMILES string of the molecule is O=S(=O)(c1ccc(-c2cncc(-c3cc(-c4ccc(CO)cc4)no3)n2)cc1)C1CCCNC1. The zero-order chi connectivity index (χ0) is 23.5. The molecule has 0 spiro atoms. The Labute approximate surface area is 197 Å². The van der Waals surface area contributed by atoms with Crippen LogP contribution in [0.2, 0.25) is 0 Å². The highest BCUT2D eigenvalue weighted by atomic mass is 32.2. The fourth-order valence-corrected chi connectivity index (χ4v) is 5.74. The third-order valence-corrected chi connectivity index (χ3v) is 8.21.